The Bertz CT molecular complexity index is 508. The van der Waals surface area contributed by atoms with Crippen LogP contribution in [0, 0.1) is 12.8 Å². The number of hydrogen-bond donors (Lipinski definition) is 0. The van der Waals surface area contributed by atoms with Gasteiger partial charge in [-0.3, -0.25) is 0 Å². The summed E-state index contributed by atoms with van der Waals surface area (Å²) in [5.41, 5.74) is 1.51. The van der Waals surface area contributed by atoms with Gasteiger partial charge in [0.05, 0.1) is 0 Å². The van der Waals surface area contributed by atoms with Crippen molar-refractivity contribution < 1.29 is 0 Å². The second-order valence-corrected chi connectivity index (χ2v) is 7.36. The topological polar surface area (TPSA) is 0 Å². The van der Waals surface area contributed by atoms with Gasteiger partial charge in [-0.05, 0) is 48.8 Å². The van der Waals surface area contributed by atoms with E-state index < -0.39 is 0 Å². The van der Waals surface area contributed by atoms with Crippen LogP contribution in [0.25, 0.3) is 10.1 Å². The molecule has 2 aromatic rings. The van der Waals surface area contributed by atoms with E-state index in [-0.39, 0.29) is 0 Å². The van der Waals surface area contributed by atoms with Gasteiger partial charge in [0.25, 0.3) is 0 Å². The number of rotatable bonds is 7. The lowest BCUT2D eigenvalue weighted by atomic mass is 10.0. The lowest BCUT2D eigenvalue weighted by Gasteiger charge is -2.04. The Hall–Kier alpha value is -0.820. The first-order valence-electron chi connectivity index (χ1n) is 8.64. The maximum absolute atomic E-state index is 2.39. The van der Waals surface area contributed by atoms with E-state index in [1.165, 1.54) is 59.1 Å². The minimum atomic E-state index is 0.865. The van der Waals surface area contributed by atoms with Crippen molar-refractivity contribution in [1.29, 1.82) is 0 Å². The highest BCUT2D eigenvalue weighted by Gasteiger charge is 2.01. The Morgan fingerprint density at radius 3 is 2.38 bits per heavy atom. The number of benzene rings is 1. The highest BCUT2D eigenvalue weighted by atomic mass is 32.1. The SMILES string of the molecule is CC.Cc1cc2ccc(CCCCCCC(C)C)cc2s1. The van der Waals surface area contributed by atoms with Gasteiger partial charge in [0.1, 0.15) is 0 Å². The molecule has 0 atom stereocenters. The minimum absolute atomic E-state index is 0.865. The Labute approximate surface area is 135 Å². The molecule has 21 heavy (non-hydrogen) atoms. The highest BCUT2D eigenvalue weighted by Crippen LogP contribution is 2.26. The van der Waals surface area contributed by atoms with E-state index in [4.69, 9.17) is 0 Å². The number of unbranched alkanes of at least 4 members (excludes halogenated alkanes) is 3. The molecule has 0 nitrogen and oxygen atoms in total. The largest absolute Gasteiger partial charge is 0.141 e. The van der Waals surface area contributed by atoms with Gasteiger partial charge in [-0.2, -0.15) is 0 Å². The van der Waals surface area contributed by atoms with Gasteiger partial charge in [0.15, 0.2) is 0 Å². The first-order chi connectivity index (χ1) is 10.1. The van der Waals surface area contributed by atoms with Crippen molar-refractivity contribution in [2.45, 2.75) is 73.1 Å². The molecule has 0 radical (unpaired) electrons. The molecular formula is C20H32S. The number of fused-ring (bicyclic) bond motifs is 1. The van der Waals surface area contributed by atoms with E-state index in [9.17, 15) is 0 Å². The maximum atomic E-state index is 2.39. The van der Waals surface area contributed by atoms with Gasteiger partial charge in [0.2, 0.25) is 0 Å². The molecule has 0 saturated heterocycles. The van der Waals surface area contributed by atoms with Crippen molar-refractivity contribution in [3.05, 3.63) is 34.7 Å². The van der Waals surface area contributed by atoms with Gasteiger partial charge in [-0.15, -0.1) is 11.3 Å². The molecule has 2 rings (SSSR count). The molecule has 0 unspecified atom stereocenters. The zero-order valence-corrected chi connectivity index (χ0v) is 15.4. The quantitative estimate of drug-likeness (QED) is 0.468. The van der Waals surface area contributed by atoms with Crippen LogP contribution in [0.1, 0.15) is 70.2 Å². The molecule has 1 heterocycles. The summed E-state index contributed by atoms with van der Waals surface area (Å²) < 4.78 is 1.45. The molecule has 0 spiro atoms. The lowest BCUT2D eigenvalue weighted by Crippen LogP contribution is -1.89. The van der Waals surface area contributed by atoms with Crippen molar-refractivity contribution >= 4 is 21.4 Å². The predicted molar refractivity (Wildman–Crippen MR) is 99.5 cm³/mol. The summed E-state index contributed by atoms with van der Waals surface area (Å²) >= 11 is 1.92. The van der Waals surface area contributed by atoms with Crippen molar-refractivity contribution in [1.82, 2.24) is 0 Å². The van der Waals surface area contributed by atoms with E-state index in [1.807, 2.05) is 25.2 Å². The summed E-state index contributed by atoms with van der Waals surface area (Å²) in [5, 5.41) is 1.41. The van der Waals surface area contributed by atoms with Crippen LogP contribution in [-0.4, -0.2) is 0 Å². The van der Waals surface area contributed by atoms with E-state index >= 15 is 0 Å². The first kappa shape index (κ1) is 18.2. The summed E-state index contributed by atoms with van der Waals surface area (Å²) in [6.07, 6.45) is 8.16. The second kappa shape index (κ2) is 10.00. The van der Waals surface area contributed by atoms with Crippen molar-refractivity contribution in [3.8, 4) is 0 Å². The fourth-order valence-electron chi connectivity index (χ4n) is 2.60. The normalized spacial score (nSPS) is 10.8. The Morgan fingerprint density at radius 1 is 0.952 bits per heavy atom. The van der Waals surface area contributed by atoms with Crippen molar-refractivity contribution in [2.24, 2.45) is 5.92 Å². The molecule has 0 aliphatic heterocycles. The smallest absolute Gasteiger partial charge is 0.0348 e. The molecule has 118 valence electrons. The zero-order valence-electron chi connectivity index (χ0n) is 14.5. The number of thiophene rings is 1. The van der Waals surface area contributed by atoms with E-state index in [2.05, 4.69) is 45.0 Å². The van der Waals surface area contributed by atoms with Crippen LogP contribution in [0.2, 0.25) is 0 Å². The van der Waals surface area contributed by atoms with Crippen LogP contribution in [0.5, 0.6) is 0 Å². The van der Waals surface area contributed by atoms with Gasteiger partial charge in [0, 0.05) is 9.58 Å². The third kappa shape index (κ3) is 6.65. The standard InChI is InChI=1S/C18H26S.C2H6/c1-14(2)8-6-4-5-7-9-16-10-11-17-12-15(3)19-18(17)13-16;1-2/h10-14H,4-9H2,1-3H3;1-2H3. The molecule has 1 aromatic carbocycles. The van der Waals surface area contributed by atoms with Crippen LogP contribution in [0.3, 0.4) is 0 Å². The molecule has 1 heteroatoms. The van der Waals surface area contributed by atoms with Gasteiger partial charge in [-0.25, -0.2) is 0 Å². The summed E-state index contributed by atoms with van der Waals surface area (Å²) in [6, 6.07) is 9.27. The fraction of sp³-hybridized carbons (Fsp3) is 0.600. The first-order valence-corrected chi connectivity index (χ1v) is 9.46. The number of aryl methyl sites for hydroxylation is 2. The summed E-state index contributed by atoms with van der Waals surface area (Å²) in [7, 11) is 0. The fourth-order valence-corrected chi connectivity index (χ4v) is 3.59. The summed E-state index contributed by atoms with van der Waals surface area (Å²) in [6.45, 7) is 10.8. The molecule has 0 bridgehead atoms. The molecule has 1 aromatic heterocycles. The molecule has 0 amide bonds. The highest BCUT2D eigenvalue weighted by molar-refractivity contribution is 7.19. The van der Waals surface area contributed by atoms with Crippen LogP contribution in [-0.2, 0) is 6.42 Å². The summed E-state index contributed by atoms with van der Waals surface area (Å²) in [4.78, 5) is 1.42. The third-order valence-corrected chi connectivity index (χ3v) is 4.72. The van der Waals surface area contributed by atoms with Gasteiger partial charge in [-0.1, -0.05) is 65.5 Å². The molecule has 0 fully saturated rings. The number of hydrogen-bond acceptors (Lipinski definition) is 1. The van der Waals surface area contributed by atoms with Gasteiger partial charge < -0.3 is 0 Å². The second-order valence-electron chi connectivity index (χ2n) is 6.08. The van der Waals surface area contributed by atoms with E-state index in [1.54, 1.807) is 0 Å². The molecule has 0 aliphatic rings. The average molecular weight is 305 g/mol. The average Bonchev–Trinajstić information content (AvgIpc) is 2.84. The van der Waals surface area contributed by atoms with Crippen molar-refractivity contribution in [3.63, 3.8) is 0 Å². The third-order valence-electron chi connectivity index (χ3n) is 3.70. The van der Waals surface area contributed by atoms with E-state index in [0.29, 0.717) is 0 Å². The Balaban J connectivity index is 0.00000106. The van der Waals surface area contributed by atoms with Gasteiger partial charge >= 0.3 is 0 Å². The molecule has 0 N–H and O–H groups in total. The van der Waals surface area contributed by atoms with Crippen LogP contribution in [0.15, 0.2) is 24.3 Å². The minimum Gasteiger partial charge on any atom is -0.141 e. The van der Waals surface area contributed by atoms with Crippen molar-refractivity contribution in [2.75, 3.05) is 0 Å². The lowest BCUT2D eigenvalue weighted by molar-refractivity contribution is 0.520. The molecule has 0 saturated carbocycles. The predicted octanol–water partition coefficient (Wildman–Crippen LogP) is 7.38. The summed E-state index contributed by atoms with van der Waals surface area (Å²) in [5.74, 6) is 0.865. The Morgan fingerprint density at radius 2 is 1.67 bits per heavy atom. The van der Waals surface area contributed by atoms with Crippen LogP contribution in [0.4, 0.5) is 0 Å². The zero-order chi connectivity index (χ0) is 15.7. The van der Waals surface area contributed by atoms with Crippen LogP contribution < -0.4 is 0 Å². The molecule has 0 aliphatic carbocycles. The van der Waals surface area contributed by atoms with E-state index in [0.717, 1.165) is 5.92 Å². The Kier molecular flexibility index (Phi) is 8.68. The molecular weight excluding hydrogens is 272 g/mol. The van der Waals surface area contributed by atoms with Crippen LogP contribution >= 0.6 is 11.3 Å². The monoisotopic (exact) mass is 304 g/mol. The maximum Gasteiger partial charge on any atom is 0.0348 e.